The molecule has 0 aliphatic carbocycles. The first-order valence-electron chi connectivity index (χ1n) is 5.29. The van der Waals surface area contributed by atoms with E-state index in [1.165, 1.54) is 37.7 Å². The summed E-state index contributed by atoms with van der Waals surface area (Å²) in [7, 11) is 2.64. The van der Waals surface area contributed by atoms with E-state index in [4.69, 9.17) is 0 Å². The van der Waals surface area contributed by atoms with Gasteiger partial charge in [-0.05, 0) is 18.2 Å². The Morgan fingerprint density at radius 3 is 2.21 bits per heavy atom. The lowest BCUT2D eigenvalue weighted by atomic mass is 10.3. The summed E-state index contributed by atoms with van der Waals surface area (Å²) >= 11 is 2.46. The molecule has 0 saturated heterocycles. The van der Waals surface area contributed by atoms with Gasteiger partial charge in [0.05, 0.1) is 25.7 Å². The molecule has 0 unspecified atom stereocenters. The third kappa shape index (κ3) is 5.44. The molecule has 0 aromatic heterocycles. The molecule has 5 nitrogen and oxygen atoms in total. The fourth-order valence-corrected chi connectivity index (χ4v) is 2.63. The van der Waals surface area contributed by atoms with Crippen molar-refractivity contribution < 1.29 is 24.2 Å². The number of phenols is 1. The maximum absolute atomic E-state index is 11.0. The van der Waals surface area contributed by atoms with Gasteiger partial charge in [0.25, 0.3) is 0 Å². The number of rotatable bonds is 6. The van der Waals surface area contributed by atoms with Crippen molar-refractivity contribution in [2.45, 2.75) is 9.79 Å². The zero-order chi connectivity index (χ0) is 14.3. The number of hydrogen-bond donors (Lipinski definition) is 1. The topological polar surface area (TPSA) is 72.8 Å². The zero-order valence-corrected chi connectivity index (χ0v) is 12.2. The molecule has 1 aromatic carbocycles. The number of methoxy groups -OCH3 is 2. The molecule has 1 rings (SSSR count). The molecule has 0 aliphatic heterocycles. The van der Waals surface area contributed by atoms with E-state index in [1.54, 1.807) is 18.2 Å². The van der Waals surface area contributed by atoms with Crippen LogP contribution in [0, 0.1) is 0 Å². The summed E-state index contributed by atoms with van der Waals surface area (Å²) in [6.07, 6.45) is 0. The predicted octanol–water partition coefficient (Wildman–Crippen LogP) is 1.92. The maximum atomic E-state index is 11.0. The van der Waals surface area contributed by atoms with Crippen LogP contribution in [0.5, 0.6) is 5.75 Å². The van der Waals surface area contributed by atoms with Crippen LogP contribution < -0.4 is 0 Å². The third-order valence-corrected chi connectivity index (χ3v) is 4.09. The average molecular weight is 302 g/mol. The highest BCUT2D eigenvalue weighted by molar-refractivity contribution is 8.00. The standard InChI is InChI=1S/C12H14O5S2/c1-16-11(14)6-18-8-3-4-10(9(13)5-8)19-7-12(15)17-2/h3-5,13H,6-7H2,1-2H3. The van der Waals surface area contributed by atoms with Gasteiger partial charge in [-0.15, -0.1) is 23.5 Å². The zero-order valence-electron chi connectivity index (χ0n) is 10.5. The van der Waals surface area contributed by atoms with Crippen LogP contribution in [0.25, 0.3) is 0 Å². The molecular weight excluding hydrogens is 288 g/mol. The van der Waals surface area contributed by atoms with Crippen molar-refractivity contribution in [1.82, 2.24) is 0 Å². The Balaban J connectivity index is 2.59. The van der Waals surface area contributed by atoms with E-state index >= 15 is 0 Å². The third-order valence-electron chi connectivity index (χ3n) is 2.09. The van der Waals surface area contributed by atoms with E-state index in [0.717, 1.165) is 4.90 Å². The van der Waals surface area contributed by atoms with Gasteiger partial charge >= 0.3 is 11.9 Å². The van der Waals surface area contributed by atoms with E-state index in [1.807, 2.05) is 0 Å². The quantitative estimate of drug-likeness (QED) is 0.635. The van der Waals surface area contributed by atoms with Crippen molar-refractivity contribution in [3.63, 3.8) is 0 Å². The van der Waals surface area contributed by atoms with Gasteiger partial charge < -0.3 is 14.6 Å². The number of hydrogen-bond acceptors (Lipinski definition) is 7. The van der Waals surface area contributed by atoms with E-state index in [-0.39, 0.29) is 29.2 Å². The summed E-state index contributed by atoms with van der Waals surface area (Å²) in [5.41, 5.74) is 0. The minimum absolute atomic E-state index is 0.0729. The van der Waals surface area contributed by atoms with Gasteiger partial charge in [-0.1, -0.05) is 0 Å². The van der Waals surface area contributed by atoms with Crippen LogP contribution in [0.2, 0.25) is 0 Å². The van der Waals surface area contributed by atoms with Crippen LogP contribution in [-0.2, 0) is 19.1 Å². The predicted molar refractivity (Wildman–Crippen MR) is 73.6 cm³/mol. The first kappa shape index (κ1) is 15.7. The van der Waals surface area contributed by atoms with Crippen LogP contribution >= 0.6 is 23.5 Å². The molecule has 0 fully saturated rings. The summed E-state index contributed by atoms with van der Waals surface area (Å²) in [6, 6.07) is 5.02. The summed E-state index contributed by atoms with van der Waals surface area (Å²) in [5, 5.41) is 9.80. The van der Waals surface area contributed by atoms with E-state index in [2.05, 4.69) is 9.47 Å². The second kappa shape index (κ2) is 7.96. The van der Waals surface area contributed by atoms with Crippen LogP contribution in [0.15, 0.2) is 28.0 Å². The molecule has 0 aliphatic rings. The van der Waals surface area contributed by atoms with Crippen molar-refractivity contribution in [3.8, 4) is 5.75 Å². The van der Waals surface area contributed by atoms with E-state index < -0.39 is 0 Å². The number of aromatic hydroxyl groups is 1. The minimum Gasteiger partial charge on any atom is -0.507 e. The highest BCUT2D eigenvalue weighted by Crippen LogP contribution is 2.32. The monoisotopic (exact) mass is 302 g/mol. The first-order chi connectivity index (χ1) is 9.06. The Labute approximate surface area is 119 Å². The summed E-state index contributed by atoms with van der Waals surface area (Å²) in [6.45, 7) is 0. The van der Waals surface area contributed by atoms with Gasteiger partial charge in [-0.25, -0.2) is 0 Å². The molecular formula is C12H14O5S2. The molecule has 7 heteroatoms. The largest absolute Gasteiger partial charge is 0.507 e. The van der Waals surface area contributed by atoms with Crippen molar-refractivity contribution in [2.75, 3.05) is 25.7 Å². The van der Waals surface area contributed by atoms with Gasteiger partial charge in [-0.3, -0.25) is 9.59 Å². The molecule has 0 spiro atoms. The number of esters is 2. The maximum Gasteiger partial charge on any atom is 0.315 e. The number of carbonyl (C=O) groups excluding carboxylic acids is 2. The number of carbonyl (C=O) groups is 2. The van der Waals surface area contributed by atoms with Crippen LogP contribution in [0.4, 0.5) is 0 Å². The number of thioether (sulfide) groups is 2. The molecule has 0 atom stereocenters. The Bertz CT molecular complexity index is 461. The highest BCUT2D eigenvalue weighted by Gasteiger charge is 2.08. The molecule has 0 amide bonds. The van der Waals surface area contributed by atoms with E-state index in [9.17, 15) is 14.7 Å². The molecule has 1 aromatic rings. The van der Waals surface area contributed by atoms with E-state index in [0.29, 0.717) is 4.90 Å². The van der Waals surface area contributed by atoms with Gasteiger partial charge in [0.2, 0.25) is 0 Å². The minimum atomic E-state index is -0.353. The van der Waals surface area contributed by atoms with Crippen LogP contribution in [0.3, 0.4) is 0 Å². The molecule has 0 saturated carbocycles. The van der Waals surface area contributed by atoms with Crippen molar-refractivity contribution in [3.05, 3.63) is 18.2 Å². The highest BCUT2D eigenvalue weighted by atomic mass is 32.2. The van der Waals surface area contributed by atoms with Crippen molar-refractivity contribution in [1.29, 1.82) is 0 Å². The lowest BCUT2D eigenvalue weighted by molar-refractivity contribution is -0.138. The lowest BCUT2D eigenvalue weighted by Gasteiger charge is -2.06. The SMILES string of the molecule is COC(=O)CSc1ccc(SCC(=O)OC)c(O)c1. The molecule has 104 valence electrons. The lowest BCUT2D eigenvalue weighted by Crippen LogP contribution is -2.03. The van der Waals surface area contributed by atoms with Gasteiger partial charge in [0.15, 0.2) is 0 Å². The van der Waals surface area contributed by atoms with Gasteiger partial charge in [0.1, 0.15) is 5.75 Å². The number of benzene rings is 1. The Morgan fingerprint density at radius 1 is 1.11 bits per heavy atom. The first-order valence-corrected chi connectivity index (χ1v) is 7.26. The normalized spacial score (nSPS) is 10.0. The van der Waals surface area contributed by atoms with Gasteiger partial charge in [-0.2, -0.15) is 0 Å². The summed E-state index contributed by atoms with van der Waals surface area (Å²) in [4.78, 5) is 23.3. The molecule has 0 heterocycles. The average Bonchev–Trinajstić information content (AvgIpc) is 2.43. The van der Waals surface area contributed by atoms with Gasteiger partial charge in [0, 0.05) is 9.79 Å². The second-order valence-corrected chi connectivity index (χ2v) is 5.43. The smallest absolute Gasteiger partial charge is 0.315 e. The fraction of sp³-hybridized carbons (Fsp3) is 0.333. The molecule has 1 N–H and O–H groups in total. The van der Waals surface area contributed by atoms with Crippen molar-refractivity contribution in [2.24, 2.45) is 0 Å². The Hall–Kier alpha value is -1.34. The van der Waals surface area contributed by atoms with Crippen LogP contribution in [0.1, 0.15) is 0 Å². The van der Waals surface area contributed by atoms with Crippen LogP contribution in [-0.4, -0.2) is 42.8 Å². The fourth-order valence-electron chi connectivity index (χ4n) is 1.11. The number of phenolic OH excluding ortho intramolecular Hbond substituents is 1. The molecule has 19 heavy (non-hydrogen) atoms. The molecule has 0 radical (unpaired) electrons. The second-order valence-electron chi connectivity index (χ2n) is 3.36. The summed E-state index contributed by atoms with van der Waals surface area (Å²) < 4.78 is 9.04. The van der Waals surface area contributed by atoms with Crippen molar-refractivity contribution >= 4 is 35.5 Å². The summed E-state index contributed by atoms with van der Waals surface area (Å²) in [5.74, 6) is -0.283. The Kier molecular flexibility index (Phi) is 6.58. The molecule has 0 bridgehead atoms. The number of ether oxygens (including phenoxy) is 2. The Morgan fingerprint density at radius 2 is 1.68 bits per heavy atom.